The summed E-state index contributed by atoms with van der Waals surface area (Å²) in [7, 11) is -1.74. The van der Waals surface area contributed by atoms with Gasteiger partial charge in [0, 0.05) is 17.0 Å². The van der Waals surface area contributed by atoms with Crippen molar-refractivity contribution in [2.75, 3.05) is 12.9 Å². The number of hydrogen-bond donors (Lipinski definition) is 1. The van der Waals surface area contributed by atoms with E-state index >= 15 is 0 Å². The SMILES string of the molecule is COc1ccc(-c2oc3c(=O)cc(C)oc3c2CC(=O)NC2C=CS(=O)(=O)C2)cc1. The van der Waals surface area contributed by atoms with Gasteiger partial charge < -0.3 is 18.9 Å². The van der Waals surface area contributed by atoms with Crippen LogP contribution in [-0.2, 0) is 21.1 Å². The maximum Gasteiger partial charge on any atom is 0.228 e. The van der Waals surface area contributed by atoms with Gasteiger partial charge in [-0.05, 0) is 37.3 Å². The molecule has 1 aromatic carbocycles. The minimum absolute atomic E-state index is 0.0255. The molecule has 9 heteroatoms. The molecular formula is C21H19NO7S. The van der Waals surface area contributed by atoms with E-state index in [2.05, 4.69) is 5.32 Å². The second-order valence-corrected chi connectivity index (χ2v) is 8.96. The summed E-state index contributed by atoms with van der Waals surface area (Å²) < 4.78 is 39.8. The monoisotopic (exact) mass is 429 g/mol. The Morgan fingerprint density at radius 1 is 1.20 bits per heavy atom. The number of nitrogens with one attached hydrogen (secondary N) is 1. The molecule has 30 heavy (non-hydrogen) atoms. The number of furan rings is 1. The lowest BCUT2D eigenvalue weighted by atomic mass is 10.0. The van der Waals surface area contributed by atoms with E-state index in [9.17, 15) is 18.0 Å². The molecule has 0 aliphatic carbocycles. The van der Waals surface area contributed by atoms with Crippen molar-refractivity contribution in [1.82, 2.24) is 5.32 Å². The van der Waals surface area contributed by atoms with Crippen LogP contribution in [0.25, 0.3) is 22.5 Å². The molecule has 0 saturated heterocycles. The van der Waals surface area contributed by atoms with Gasteiger partial charge in [-0.3, -0.25) is 9.59 Å². The van der Waals surface area contributed by atoms with Crippen LogP contribution < -0.4 is 15.5 Å². The number of carbonyl (C=O) groups is 1. The molecule has 1 atom stereocenters. The summed E-state index contributed by atoms with van der Waals surface area (Å²) in [5, 5.41) is 3.77. The van der Waals surface area contributed by atoms with Crippen LogP contribution in [0.4, 0.5) is 0 Å². The number of amides is 1. The lowest BCUT2D eigenvalue weighted by Gasteiger charge is -2.10. The van der Waals surface area contributed by atoms with Gasteiger partial charge in [0.15, 0.2) is 15.4 Å². The van der Waals surface area contributed by atoms with E-state index < -0.39 is 21.8 Å². The summed E-state index contributed by atoms with van der Waals surface area (Å²) >= 11 is 0. The molecule has 3 aromatic rings. The number of aryl methyl sites for hydroxylation is 1. The zero-order valence-electron chi connectivity index (χ0n) is 16.3. The smallest absolute Gasteiger partial charge is 0.228 e. The third-order valence-corrected chi connectivity index (χ3v) is 6.14. The molecule has 1 N–H and O–H groups in total. The highest BCUT2D eigenvalue weighted by Gasteiger charge is 2.26. The van der Waals surface area contributed by atoms with Crippen LogP contribution in [0.5, 0.6) is 5.75 Å². The quantitative estimate of drug-likeness (QED) is 0.662. The standard InChI is InChI=1S/C21H19NO7S/c1-12-9-17(23)21-20(28-12)16(10-18(24)22-14-7-8-30(25,26)11-14)19(29-21)13-3-5-15(27-2)6-4-13/h3-9,14H,10-11H2,1-2H3,(H,22,24). The Labute approximate surface area is 172 Å². The lowest BCUT2D eigenvalue weighted by molar-refractivity contribution is -0.120. The molecule has 4 rings (SSSR count). The first kappa shape index (κ1) is 20.0. The van der Waals surface area contributed by atoms with E-state index in [0.717, 1.165) is 5.41 Å². The first-order chi connectivity index (χ1) is 14.3. The van der Waals surface area contributed by atoms with Gasteiger partial charge in [-0.15, -0.1) is 0 Å². The fourth-order valence-electron chi connectivity index (χ4n) is 3.38. The van der Waals surface area contributed by atoms with E-state index in [1.165, 1.54) is 12.1 Å². The maximum atomic E-state index is 12.7. The third-order valence-electron chi connectivity index (χ3n) is 4.75. The van der Waals surface area contributed by atoms with Gasteiger partial charge in [-0.2, -0.15) is 0 Å². The number of methoxy groups -OCH3 is 1. The molecule has 0 bridgehead atoms. The van der Waals surface area contributed by atoms with Gasteiger partial charge in [-0.25, -0.2) is 8.42 Å². The minimum Gasteiger partial charge on any atom is -0.497 e. The van der Waals surface area contributed by atoms with Gasteiger partial charge in [0.05, 0.1) is 30.9 Å². The third kappa shape index (κ3) is 3.88. The largest absolute Gasteiger partial charge is 0.497 e. The Morgan fingerprint density at radius 2 is 1.93 bits per heavy atom. The topological polar surface area (TPSA) is 116 Å². The average Bonchev–Trinajstić information content (AvgIpc) is 3.22. The van der Waals surface area contributed by atoms with Gasteiger partial charge >= 0.3 is 0 Å². The van der Waals surface area contributed by atoms with Crippen molar-refractivity contribution in [2.24, 2.45) is 0 Å². The predicted octanol–water partition coefficient (Wildman–Crippen LogP) is 2.34. The van der Waals surface area contributed by atoms with E-state index in [0.29, 0.717) is 28.4 Å². The summed E-state index contributed by atoms with van der Waals surface area (Å²) in [6.07, 6.45) is 1.29. The fourth-order valence-corrected chi connectivity index (χ4v) is 4.62. The van der Waals surface area contributed by atoms with Crippen molar-refractivity contribution in [3.63, 3.8) is 0 Å². The molecule has 1 amide bonds. The molecule has 1 unspecified atom stereocenters. The van der Waals surface area contributed by atoms with E-state index in [4.69, 9.17) is 13.6 Å². The van der Waals surface area contributed by atoms with E-state index in [-0.39, 0.29) is 28.8 Å². The molecule has 156 valence electrons. The fraction of sp³-hybridized carbons (Fsp3) is 0.238. The highest BCUT2D eigenvalue weighted by molar-refractivity contribution is 7.94. The molecule has 0 radical (unpaired) electrons. The highest BCUT2D eigenvalue weighted by Crippen LogP contribution is 2.34. The predicted molar refractivity (Wildman–Crippen MR) is 110 cm³/mol. The van der Waals surface area contributed by atoms with Crippen LogP contribution in [0, 0.1) is 6.92 Å². The molecule has 0 fully saturated rings. The van der Waals surface area contributed by atoms with Crippen LogP contribution in [-0.4, -0.2) is 33.2 Å². The molecule has 1 aliphatic heterocycles. The normalized spacial score (nSPS) is 17.3. The Morgan fingerprint density at radius 3 is 2.57 bits per heavy atom. The molecule has 3 heterocycles. The average molecular weight is 429 g/mol. The lowest BCUT2D eigenvalue weighted by Crippen LogP contribution is -2.36. The van der Waals surface area contributed by atoms with Crippen molar-refractivity contribution in [3.8, 4) is 17.1 Å². The number of carbonyl (C=O) groups excluding carboxylic acids is 1. The summed E-state index contributed by atoms with van der Waals surface area (Å²) in [6, 6.07) is 7.70. The van der Waals surface area contributed by atoms with Crippen LogP contribution in [0.2, 0.25) is 0 Å². The van der Waals surface area contributed by atoms with Gasteiger partial charge in [-0.1, -0.05) is 0 Å². The Hall–Kier alpha value is -3.33. The number of sulfone groups is 1. The number of fused-ring (bicyclic) bond motifs is 1. The molecular weight excluding hydrogens is 410 g/mol. The van der Waals surface area contributed by atoms with Crippen LogP contribution >= 0.6 is 0 Å². The van der Waals surface area contributed by atoms with Gasteiger partial charge in [0.2, 0.25) is 16.9 Å². The maximum absolute atomic E-state index is 12.7. The van der Waals surface area contributed by atoms with Crippen molar-refractivity contribution >= 4 is 26.9 Å². The zero-order valence-corrected chi connectivity index (χ0v) is 17.1. The summed E-state index contributed by atoms with van der Waals surface area (Å²) in [5.41, 5.74) is 0.941. The molecule has 8 nitrogen and oxygen atoms in total. The molecule has 2 aromatic heterocycles. The molecule has 0 saturated carbocycles. The van der Waals surface area contributed by atoms with Crippen LogP contribution in [0.1, 0.15) is 11.3 Å². The number of benzene rings is 1. The highest BCUT2D eigenvalue weighted by atomic mass is 32.2. The van der Waals surface area contributed by atoms with E-state index in [1.807, 2.05) is 0 Å². The number of hydrogen-bond acceptors (Lipinski definition) is 7. The summed E-state index contributed by atoms with van der Waals surface area (Å²) in [6.45, 7) is 1.64. The first-order valence-corrected chi connectivity index (χ1v) is 10.9. The first-order valence-electron chi connectivity index (χ1n) is 9.16. The van der Waals surface area contributed by atoms with Crippen molar-refractivity contribution in [2.45, 2.75) is 19.4 Å². The van der Waals surface area contributed by atoms with Crippen molar-refractivity contribution < 1.29 is 26.8 Å². The molecule has 0 spiro atoms. The Kier molecular flexibility index (Phi) is 4.98. The van der Waals surface area contributed by atoms with Gasteiger partial charge in [0.1, 0.15) is 17.3 Å². The second kappa shape index (κ2) is 7.49. The zero-order chi connectivity index (χ0) is 21.5. The summed E-state index contributed by atoms with van der Waals surface area (Å²) in [4.78, 5) is 25.0. The van der Waals surface area contributed by atoms with Crippen LogP contribution in [0.3, 0.4) is 0 Å². The van der Waals surface area contributed by atoms with E-state index in [1.54, 1.807) is 38.3 Å². The minimum atomic E-state index is -3.29. The van der Waals surface area contributed by atoms with Crippen molar-refractivity contribution in [3.05, 3.63) is 63.4 Å². The summed E-state index contributed by atoms with van der Waals surface area (Å²) in [5.74, 6) is 0.784. The Balaban J connectivity index is 1.73. The molecule has 1 aliphatic rings. The number of rotatable bonds is 5. The Bertz CT molecular complexity index is 1310. The number of ether oxygens (including phenoxy) is 1. The van der Waals surface area contributed by atoms with Crippen LogP contribution in [0.15, 0.2) is 55.4 Å². The second-order valence-electron chi connectivity index (χ2n) is 7.03. The van der Waals surface area contributed by atoms with Crippen molar-refractivity contribution in [1.29, 1.82) is 0 Å². The van der Waals surface area contributed by atoms with Gasteiger partial charge in [0.25, 0.3) is 0 Å².